The number of hydrogen-bond acceptors (Lipinski definition) is 2. The summed E-state index contributed by atoms with van der Waals surface area (Å²) in [6.07, 6.45) is 6.29. The van der Waals surface area contributed by atoms with E-state index in [-0.39, 0.29) is 0 Å². The van der Waals surface area contributed by atoms with E-state index in [0.717, 1.165) is 6.42 Å². The molecule has 1 heterocycles. The molecule has 0 saturated carbocycles. The standard InChI is InChI=1S/C13H28N2/c1-4-12(14)6-5-9-15-10-7-13(2,3)8-11-15/h12H,4-11,14H2,1-3H3. The number of rotatable bonds is 5. The third kappa shape index (κ3) is 4.98. The molecule has 2 heteroatoms. The Balaban J connectivity index is 2.09. The Morgan fingerprint density at radius 1 is 1.27 bits per heavy atom. The topological polar surface area (TPSA) is 29.3 Å². The van der Waals surface area contributed by atoms with Gasteiger partial charge in [0.1, 0.15) is 0 Å². The van der Waals surface area contributed by atoms with Gasteiger partial charge in [-0.05, 0) is 57.2 Å². The van der Waals surface area contributed by atoms with Crippen LogP contribution in [0.1, 0.15) is 52.9 Å². The highest BCUT2D eigenvalue weighted by Gasteiger charge is 2.24. The first-order chi connectivity index (χ1) is 7.03. The highest BCUT2D eigenvalue weighted by atomic mass is 15.1. The van der Waals surface area contributed by atoms with Gasteiger partial charge in [-0.25, -0.2) is 0 Å². The molecule has 0 bridgehead atoms. The Bertz CT molecular complexity index is 167. The number of nitrogens with zero attached hydrogens (tertiary/aromatic N) is 1. The van der Waals surface area contributed by atoms with Gasteiger partial charge in [-0.1, -0.05) is 20.8 Å². The largest absolute Gasteiger partial charge is 0.328 e. The van der Waals surface area contributed by atoms with E-state index in [1.54, 1.807) is 0 Å². The number of likely N-dealkylation sites (tertiary alicyclic amines) is 1. The van der Waals surface area contributed by atoms with E-state index in [1.165, 1.54) is 45.3 Å². The van der Waals surface area contributed by atoms with Crippen molar-refractivity contribution in [3.63, 3.8) is 0 Å². The summed E-state index contributed by atoms with van der Waals surface area (Å²) in [6.45, 7) is 10.8. The molecule has 1 rings (SSSR count). The molecule has 0 aromatic rings. The van der Waals surface area contributed by atoms with E-state index in [4.69, 9.17) is 5.73 Å². The fourth-order valence-electron chi connectivity index (χ4n) is 2.16. The van der Waals surface area contributed by atoms with E-state index < -0.39 is 0 Å². The summed E-state index contributed by atoms with van der Waals surface area (Å²) in [5.74, 6) is 0. The van der Waals surface area contributed by atoms with Crippen molar-refractivity contribution in [1.29, 1.82) is 0 Å². The molecule has 0 aliphatic carbocycles. The Kier molecular flexibility index (Phi) is 5.07. The highest BCUT2D eigenvalue weighted by Crippen LogP contribution is 2.29. The average molecular weight is 212 g/mol. The zero-order valence-electron chi connectivity index (χ0n) is 10.8. The summed E-state index contributed by atoms with van der Waals surface area (Å²) in [4.78, 5) is 2.60. The third-order valence-corrected chi connectivity index (χ3v) is 3.78. The zero-order valence-corrected chi connectivity index (χ0v) is 10.8. The number of hydrogen-bond donors (Lipinski definition) is 1. The lowest BCUT2D eigenvalue weighted by Gasteiger charge is -2.37. The van der Waals surface area contributed by atoms with Crippen LogP contribution in [0.3, 0.4) is 0 Å². The lowest BCUT2D eigenvalue weighted by molar-refractivity contribution is 0.130. The van der Waals surface area contributed by atoms with E-state index in [0.29, 0.717) is 11.5 Å². The van der Waals surface area contributed by atoms with Crippen molar-refractivity contribution >= 4 is 0 Å². The van der Waals surface area contributed by atoms with Gasteiger partial charge in [-0.15, -0.1) is 0 Å². The molecule has 15 heavy (non-hydrogen) atoms. The van der Waals surface area contributed by atoms with Gasteiger partial charge in [0.15, 0.2) is 0 Å². The van der Waals surface area contributed by atoms with Gasteiger partial charge in [-0.3, -0.25) is 0 Å². The van der Waals surface area contributed by atoms with Crippen LogP contribution in [0, 0.1) is 5.41 Å². The summed E-state index contributed by atoms with van der Waals surface area (Å²) in [5.41, 5.74) is 6.49. The van der Waals surface area contributed by atoms with Crippen molar-refractivity contribution in [2.75, 3.05) is 19.6 Å². The molecule has 1 saturated heterocycles. The minimum atomic E-state index is 0.422. The van der Waals surface area contributed by atoms with Crippen LogP contribution >= 0.6 is 0 Å². The predicted molar refractivity (Wildman–Crippen MR) is 67.0 cm³/mol. The fourth-order valence-corrected chi connectivity index (χ4v) is 2.16. The van der Waals surface area contributed by atoms with E-state index >= 15 is 0 Å². The molecular weight excluding hydrogens is 184 g/mol. The maximum Gasteiger partial charge on any atom is 0.00366 e. The van der Waals surface area contributed by atoms with Gasteiger partial charge in [0.25, 0.3) is 0 Å². The van der Waals surface area contributed by atoms with Crippen LogP contribution in [0.4, 0.5) is 0 Å². The molecule has 0 radical (unpaired) electrons. The Hall–Kier alpha value is -0.0800. The van der Waals surface area contributed by atoms with Gasteiger partial charge < -0.3 is 10.6 Å². The molecule has 1 atom stereocenters. The lowest BCUT2D eigenvalue weighted by Crippen LogP contribution is -2.38. The van der Waals surface area contributed by atoms with Crippen LogP contribution in [0.25, 0.3) is 0 Å². The molecular formula is C13H28N2. The summed E-state index contributed by atoms with van der Waals surface area (Å²) in [5, 5.41) is 0. The molecule has 0 spiro atoms. The highest BCUT2D eigenvalue weighted by molar-refractivity contribution is 4.78. The van der Waals surface area contributed by atoms with Crippen LogP contribution in [0.5, 0.6) is 0 Å². The van der Waals surface area contributed by atoms with Crippen molar-refractivity contribution in [1.82, 2.24) is 4.90 Å². The quantitative estimate of drug-likeness (QED) is 0.759. The second kappa shape index (κ2) is 5.86. The van der Waals surface area contributed by atoms with Crippen molar-refractivity contribution in [3.8, 4) is 0 Å². The van der Waals surface area contributed by atoms with Crippen LogP contribution < -0.4 is 5.73 Å². The SMILES string of the molecule is CCC(N)CCCN1CCC(C)(C)CC1. The second-order valence-corrected chi connectivity index (χ2v) is 5.82. The second-order valence-electron chi connectivity index (χ2n) is 5.82. The minimum absolute atomic E-state index is 0.422. The summed E-state index contributed by atoms with van der Waals surface area (Å²) < 4.78 is 0. The van der Waals surface area contributed by atoms with E-state index in [2.05, 4.69) is 25.7 Å². The van der Waals surface area contributed by atoms with Gasteiger partial charge >= 0.3 is 0 Å². The molecule has 2 N–H and O–H groups in total. The summed E-state index contributed by atoms with van der Waals surface area (Å²) in [6, 6.07) is 0.422. The van der Waals surface area contributed by atoms with Crippen LogP contribution in [-0.2, 0) is 0 Å². The van der Waals surface area contributed by atoms with E-state index in [9.17, 15) is 0 Å². The van der Waals surface area contributed by atoms with Gasteiger partial charge in [-0.2, -0.15) is 0 Å². The van der Waals surface area contributed by atoms with Gasteiger partial charge in [0.05, 0.1) is 0 Å². The van der Waals surface area contributed by atoms with Crippen LogP contribution in [0.2, 0.25) is 0 Å². The molecule has 0 aromatic heterocycles. The molecule has 1 aliphatic heterocycles. The molecule has 0 amide bonds. The molecule has 1 aliphatic rings. The first-order valence-corrected chi connectivity index (χ1v) is 6.51. The van der Waals surface area contributed by atoms with Crippen molar-refractivity contribution < 1.29 is 0 Å². The maximum absolute atomic E-state index is 5.91. The minimum Gasteiger partial charge on any atom is -0.328 e. The predicted octanol–water partition coefficient (Wildman–Crippen LogP) is 2.63. The molecule has 1 unspecified atom stereocenters. The number of piperidine rings is 1. The Morgan fingerprint density at radius 2 is 1.87 bits per heavy atom. The lowest BCUT2D eigenvalue weighted by atomic mass is 9.82. The maximum atomic E-state index is 5.91. The van der Waals surface area contributed by atoms with Gasteiger partial charge in [0.2, 0.25) is 0 Å². The first-order valence-electron chi connectivity index (χ1n) is 6.51. The Labute approximate surface area is 95.2 Å². The van der Waals surface area contributed by atoms with Gasteiger partial charge in [0, 0.05) is 6.04 Å². The molecule has 90 valence electrons. The van der Waals surface area contributed by atoms with Crippen molar-refractivity contribution in [3.05, 3.63) is 0 Å². The molecule has 2 nitrogen and oxygen atoms in total. The fraction of sp³-hybridized carbons (Fsp3) is 1.00. The summed E-state index contributed by atoms with van der Waals surface area (Å²) in [7, 11) is 0. The van der Waals surface area contributed by atoms with E-state index in [1.807, 2.05) is 0 Å². The average Bonchev–Trinajstić information content (AvgIpc) is 2.20. The third-order valence-electron chi connectivity index (χ3n) is 3.78. The monoisotopic (exact) mass is 212 g/mol. The van der Waals surface area contributed by atoms with Crippen LogP contribution in [0.15, 0.2) is 0 Å². The summed E-state index contributed by atoms with van der Waals surface area (Å²) >= 11 is 0. The molecule has 0 aromatic carbocycles. The Morgan fingerprint density at radius 3 is 2.40 bits per heavy atom. The van der Waals surface area contributed by atoms with Crippen LogP contribution in [-0.4, -0.2) is 30.6 Å². The zero-order chi connectivity index (χ0) is 11.3. The first kappa shape index (κ1) is 13.0. The normalized spacial score (nSPS) is 24.0. The van der Waals surface area contributed by atoms with Crippen molar-refractivity contribution in [2.24, 2.45) is 11.1 Å². The molecule has 1 fully saturated rings. The van der Waals surface area contributed by atoms with Crippen molar-refractivity contribution in [2.45, 2.75) is 58.9 Å². The smallest absolute Gasteiger partial charge is 0.00366 e. The number of nitrogens with two attached hydrogens (primary N) is 1.